The van der Waals surface area contributed by atoms with Gasteiger partial charge in [0.05, 0.1) is 0 Å². The zero-order valence-corrected chi connectivity index (χ0v) is 9.86. The molecule has 2 rings (SSSR count). The summed E-state index contributed by atoms with van der Waals surface area (Å²) in [5, 5.41) is 2.55. The lowest BCUT2D eigenvalue weighted by molar-refractivity contribution is -0.154. The molecule has 2 saturated carbocycles. The van der Waals surface area contributed by atoms with Crippen molar-refractivity contribution in [1.82, 2.24) is 5.32 Å². The highest BCUT2D eigenvalue weighted by Gasteiger charge is 2.42. The first-order valence-corrected chi connectivity index (χ1v) is 6.04. The summed E-state index contributed by atoms with van der Waals surface area (Å²) < 4.78 is 5.45. The first kappa shape index (κ1) is 11.4. The van der Waals surface area contributed by atoms with Crippen LogP contribution in [0, 0.1) is 11.8 Å². The van der Waals surface area contributed by atoms with Crippen LogP contribution in [0.4, 0.5) is 0 Å². The van der Waals surface area contributed by atoms with E-state index >= 15 is 0 Å². The summed E-state index contributed by atoms with van der Waals surface area (Å²) in [6.45, 7) is 3.07. The lowest BCUT2D eigenvalue weighted by atomic mass is 9.98. The molecule has 4 heteroatoms. The number of esters is 1. The third-order valence-corrected chi connectivity index (χ3v) is 3.71. The van der Waals surface area contributed by atoms with Crippen molar-refractivity contribution < 1.29 is 14.3 Å². The van der Waals surface area contributed by atoms with Gasteiger partial charge in [0.2, 0.25) is 5.91 Å². The van der Waals surface area contributed by atoms with Gasteiger partial charge in [-0.3, -0.25) is 4.79 Å². The Hall–Kier alpha value is -1.06. The molecule has 2 aliphatic rings. The fraction of sp³-hybridized carbons (Fsp3) is 0.833. The van der Waals surface area contributed by atoms with Crippen molar-refractivity contribution in [1.29, 1.82) is 0 Å². The molecule has 0 aromatic carbocycles. The number of nitrogens with one attached hydrogen (secondary N) is 1. The second-order valence-electron chi connectivity index (χ2n) is 5.07. The molecule has 0 aliphatic heterocycles. The molecule has 4 atom stereocenters. The van der Waals surface area contributed by atoms with Gasteiger partial charge in [-0.25, -0.2) is 4.79 Å². The second kappa shape index (κ2) is 4.44. The Kier molecular flexibility index (Phi) is 3.17. The van der Waals surface area contributed by atoms with Crippen LogP contribution in [0.15, 0.2) is 0 Å². The maximum absolute atomic E-state index is 11.7. The number of ether oxygens (including phenoxy) is 1. The fourth-order valence-electron chi connectivity index (χ4n) is 2.95. The van der Waals surface area contributed by atoms with E-state index in [9.17, 15) is 9.59 Å². The lowest BCUT2D eigenvalue weighted by Gasteiger charge is -2.23. The van der Waals surface area contributed by atoms with E-state index in [2.05, 4.69) is 5.32 Å². The SMILES string of the molecule is CC(=O)NC(C)C(=O)OC1CC2CCC1C2. The summed E-state index contributed by atoms with van der Waals surface area (Å²) in [6, 6.07) is -0.531. The Labute approximate surface area is 95.7 Å². The Morgan fingerprint density at radius 3 is 2.56 bits per heavy atom. The molecule has 2 fully saturated rings. The molecule has 90 valence electrons. The van der Waals surface area contributed by atoms with Crippen LogP contribution < -0.4 is 5.32 Å². The summed E-state index contributed by atoms with van der Waals surface area (Å²) in [4.78, 5) is 22.5. The molecule has 4 unspecified atom stereocenters. The van der Waals surface area contributed by atoms with E-state index in [4.69, 9.17) is 4.74 Å². The van der Waals surface area contributed by atoms with Gasteiger partial charge in [-0.05, 0) is 44.4 Å². The number of amides is 1. The van der Waals surface area contributed by atoms with Crippen molar-refractivity contribution in [2.45, 2.75) is 51.7 Å². The van der Waals surface area contributed by atoms with E-state index < -0.39 is 6.04 Å². The molecule has 1 amide bonds. The van der Waals surface area contributed by atoms with Crippen LogP contribution in [0.3, 0.4) is 0 Å². The first-order chi connectivity index (χ1) is 7.56. The third kappa shape index (κ3) is 2.36. The predicted molar refractivity (Wildman–Crippen MR) is 58.6 cm³/mol. The van der Waals surface area contributed by atoms with Crippen LogP contribution in [-0.2, 0) is 14.3 Å². The molecule has 0 saturated heterocycles. The van der Waals surface area contributed by atoms with Crippen LogP contribution in [-0.4, -0.2) is 24.0 Å². The van der Waals surface area contributed by atoms with Crippen molar-refractivity contribution in [3.63, 3.8) is 0 Å². The van der Waals surface area contributed by atoms with Gasteiger partial charge in [0, 0.05) is 6.92 Å². The monoisotopic (exact) mass is 225 g/mol. The second-order valence-corrected chi connectivity index (χ2v) is 5.07. The summed E-state index contributed by atoms with van der Waals surface area (Å²) in [7, 11) is 0. The fourth-order valence-corrected chi connectivity index (χ4v) is 2.95. The zero-order valence-electron chi connectivity index (χ0n) is 9.86. The highest BCUT2D eigenvalue weighted by atomic mass is 16.5. The topological polar surface area (TPSA) is 55.4 Å². The van der Waals surface area contributed by atoms with E-state index in [1.54, 1.807) is 6.92 Å². The molecule has 1 N–H and O–H groups in total. The maximum atomic E-state index is 11.7. The minimum atomic E-state index is -0.531. The Balaban J connectivity index is 1.81. The average Bonchev–Trinajstić information content (AvgIpc) is 2.77. The largest absolute Gasteiger partial charge is 0.461 e. The summed E-state index contributed by atoms with van der Waals surface area (Å²) in [5.74, 6) is 0.836. The standard InChI is InChI=1S/C12H19NO3/c1-7(13-8(2)14)12(15)16-11-6-9-3-4-10(11)5-9/h7,9-11H,3-6H2,1-2H3,(H,13,14). The van der Waals surface area contributed by atoms with Gasteiger partial charge in [-0.1, -0.05) is 0 Å². The average molecular weight is 225 g/mol. The van der Waals surface area contributed by atoms with Crippen molar-refractivity contribution in [3.05, 3.63) is 0 Å². The molecule has 4 nitrogen and oxygen atoms in total. The summed E-state index contributed by atoms with van der Waals surface area (Å²) in [5.41, 5.74) is 0. The molecule has 0 heterocycles. The van der Waals surface area contributed by atoms with Crippen LogP contribution >= 0.6 is 0 Å². The number of fused-ring (bicyclic) bond motifs is 2. The molecule has 16 heavy (non-hydrogen) atoms. The molecule has 2 aliphatic carbocycles. The molecule has 0 aromatic heterocycles. The van der Waals surface area contributed by atoms with Gasteiger partial charge in [0.1, 0.15) is 12.1 Å². The summed E-state index contributed by atoms with van der Waals surface area (Å²) >= 11 is 0. The van der Waals surface area contributed by atoms with Crippen LogP contribution in [0.25, 0.3) is 0 Å². The van der Waals surface area contributed by atoms with E-state index in [1.165, 1.54) is 26.2 Å². The van der Waals surface area contributed by atoms with Crippen LogP contribution in [0.5, 0.6) is 0 Å². The maximum Gasteiger partial charge on any atom is 0.328 e. The smallest absolute Gasteiger partial charge is 0.328 e. The predicted octanol–water partition coefficient (Wildman–Crippen LogP) is 1.24. The minimum Gasteiger partial charge on any atom is -0.461 e. The minimum absolute atomic E-state index is 0.0995. The van der Waals surface area contributed by atoms with E-state index in [-0.39, 0.29) is 18.0 Å². The van der Waals surface area contributed by atoms with Crippen molar-refractivity contribution in [3.8, 4) is 0 Å². The van der Waals surface area contributed by atoms with E-state index in [1.807, 2.05) is 0 Å². The number of hydrogen-bond donors (Lipinski definition) is 1. The molecule has 0 aromatic rings. The Morgan fingerprint density at radius 1 is 1.31 bits per heavy atom. The molecular formula is C12H19NO3. The van der Waals surface area contributed by atoms with Crippen LogP contribution in [0.2, 0.25) is 0 Å². The van der Waals surface area contributed by atoms with Crippen molar-refractivity contribution >= 4 is 11.9 Å². The molecule has 0 spiro atoms. The highest BCUT2D eigenvalue weighted by molar-refractivity contribution is 5.82. The van der Waals surface area contributed by atoms with Gasteiger partial charge in [-0.15, -0.1) is 0 Å². The van der Waals surface area contributed by atoms with Crippen LogP contribution in [0.1, 0.15) is 39.5 Å². The molecule has 2 bridgehead atoms. The molecular weight excluding hydrogens is 206 g/mol. The van der Waals surface area contributed by atoms with Crippen molar-refractivity contribution in [2.75, 3.05) is 0 Å². The normalized spacial score (nSPS) is 33.5. The quantitative estimate of drug-likeness (QED) is 0.735. The number of rotatable bonds is 3. The van der Waals surface area contributed by atoms with Gasteiger partial charge in [0.25, 0.3) is 0 Å². The first-order valence-electron chi connectivity index (χ1n) is 6.04. The Bertz CT molecular complexity index is 303. The number of carbonyl (C=O) groups excluding carboxylic acids is 2. The summed E-state index contributed by atoms with van der Waals surface area (Å²) in [6.07, 6.45) is 4.81. The number of hydrogen-bond acceptors (Lipinski definition) is 3. The highest BCUT2D eigenvalue weighted by Crippen LogP contribution is 2.45. The van der Waals surface area contributed by atoms with E-state index in [0.29, 0.717) is 5.92 Å². The van der Waals surface area contributed by atoms with Gasteiger partial charge in [-0.2, -0.15) is 0 Å². The number of carbonyl (C=O) groups is 2. The van der Waals surface area contributed by atoms with Gasteiger partial charge >= 0.3 is 5.97 Å². The Morgan fingerprint density at radius 2 is 2.06 bits per heavy atom. The zero-order chi connectivity index (χ0) is 11.7. The molecule has 0 radical (unpaired) electrons. The van der Waals surface area contributed by atoms with Gasteiger partial charge < -0.3 is 10.1 Å². The van der Waals surface area contributed by atoms with E-state index in [0.717, 1.165) is 12.3 Å². The lowest BCUT2D eigenvalue weighted by Crippen LogP contribution is -2.40. The van der Waals surface area contributed by atoms with Crippen molar-refractivity contribution in [2.24, 2.45) is 11.8 Å². The van der Waals surface area contributed by atoms with Gasteiger partial charge in [0.15, 0.2) is 0 Å². The third-order valence-electron chi connectivity index (χ3n) is 3.71.